The fourth-order valence-corrected chi connectivity index (χ4v) is 4.78. The summed E-state index contributed by atoms with van der Waals surface area (Å²) in [7, 11) is 0. The fraction of sp³-hybridized carbons (Fsp3) is 0.323. The van der Waals surface area contributed by atoms with E-state index in [1.165, 1.54) is 59.6 Å². The monoisotopic (exact) mass is 454 g/mol. The van der Waals surface area contributed by atoms with Crippen LogP contribution in [0.15, 0.2) is 60.8 Å². The third-order valence-electron chi connectivity index (χ3n) is 6.58. The molecule has 4 aromatic rings. The van der Waals surface area contributed by atoms with E-state index in [0.717, 1.165) is 29.2 Å². The van der Waals surface area contributed by atoms with E-state index in [2.05, 4.69) is 67.9 Å². The van der Waals surface area contributed by atoms with Crippen molar-refractivity contribution >= 4 is 0 Å². The second-order valence-corrected chi connectivity index (χ2v) is 9.51. The maximum absolute atomic E-state index is 13.9. The summed E-state index contributed by atoms with van der Waals surface area (Å²) in [5.41, 5.74) is 9.89. The highest BCUT2D eigenvalue weighted by Crippen LogP contribution is 2.32. The third kappa shape index (κ3) is 5.14. The lowest BCUT2D eigenvalue weighted by Crippen LogP contribution is -2.02. The van der Waals surface area contributed by atoms with Crippen LogP contribution in [0.5, 0.6) is 0 Å². The molecule has 0 saturated heterocycles. The van der Waals surface area contributed by atoms with Gasteiger partial charge in [-0.2, -0.15) is 0 Å². The summed E-state index contributed by atoms with van der Waals surface area (Å²) < 4.78 is 16.0. The van der Waals surface area contributed by atoms with Crippen molar-refractivity contribution in [2.24, 2.45) is 0 Å². The Morgan fingerprint density at radius 1 is 0.735 bits per heavy atom. The second kappa shape index (κ2) is 10.4. The molecule has 0 radical (unpaired) electrons. The van der Waals surface area contributed by atoms with Gasteiger partial charge in [0.05, 0.1) is 11.4 Å². The van der Waals surface area contributed by atoms with Crippen molar-refractivity contribution in [2.45, 2.75) is 66.7 Å². The summed E-state index contributed by atoms with van der Waals surface area (Å²) in [6.07, 6.45) is 8.39. The molecular weight excluding hydrogens is 419 g/mol. The fourth-order valence-electron chi connectivity index (χ4n) is 4.78. The summed E-state index contributed by atoms with van der Waals surface area (Å²) in [5.74, 6) is 0.647. The van der Waals surface area contributed by atoms with Gasteiger partial charge in [-0.1, -0.05) is 50.5 Å². The molecular formula is C31H35FN2. The van der Waals surface area contributed by atoms with Crippen LogP contribution < -0.4 is 0 Å². The Hall–Kier alpha value is -3.20. The van der Waals surface area contributed by atoms with Gasteiger partial charge in [0.15, 0.2) is 0 Å². The van der Waals surface area contributed by atoms with Crippen LogP contribution in [-0.4, -0.2) is 9.55 Å². The predicted molar refractivity (Wildman–Crippen MR) is 141 cm³/mol. The molecule has 3 aromatic carbocycles. The topological polar surface area (TPSA) is 17.8 Å². The number of rotatable bonds is 8. The van der Waals surface area contributed by atoms with Crippen molar-refractivity contribution in [1.82, 2.24) is 9.55 Å². The van der Waals surface area contributed by atoms with Crippen LogP contribution in [0, 0.1) is 33.5 Å². The molecule has 1 aromatic heterocycles. The van der Waals surface area contributed by atoms with E-state index < -0.39 is 0 Å². The van der Waals surface area contributed by atoms with Gasteiger partial charge in [-0.05, 0) is 104 Å². The van der Waals surface area contributed by atoms with E-state index in [-0.39, 0.29) is 5.82 Å². The number of benzene rings is 3. The second-order valence-electron chi connectivity index (χ2n) is 9.51. The first-order chi connectivity index (χ1) is 16.4. The molecule has 0 bridgehead atoms. The quantitative estimate of drug-likeness (QED) is 0.243. The van der Waals surface area contributed by atoms with Gasteiger partial charge < -0.3 is 0 Å². The van der Waals surface area contributed by atoms with Gasteiger partial charge in [-0.25, -0.2) is 9.37 Å². The molecule has 3 heteroatoms. The Morgan fingerprint density at radius 2 is 1.38 bits per heavy atom. The van der Waals surface area contributed by atoms with Crippen LogP contribution in [0.1, 0.15) is 60.6 Å². The van der Waals surface area contributed by atoms with Crippen molar-refractivity contribution in [2.75, 3.05) is 0 Å². The van der Waals surface area contributed by atoms with Crippen LogP contribution in [-0.2, 0) is 6.42 Å². The number of imidazole rings is 1. The number of halogens is 1. The molecule has 0 amide bonds. The SMILES string of the molecule is CCCCCCc1ccc(-c2cc(C)c(-n3cc(C)nc3-c3ccc(F)c(C)c3)c(C)c2)cc1. The highest BCUT2D eigenvalue weighted by molar-refractivity contribution is 5.70. The van der Waals surface area contributed by atoms with Crippen LogP contribution in [0.25, 0.3) is 28.2 Å². The predicted octanol–water partition coefficient (Wildman–Crippen LogP) is 8.70. The Balaban J connectivity index is 1.65. The van der Waals surface area contributed by atoms with Gasteiger partial charge in [0.25, 0.3) is 0 Å². The maximum Gasteiger partial charge on any atom is 0.144 e. The molecule has 0 saturated carbocycles. The summed E-state index contributed by atoms with van der Waals surface area (Å²) >= 11 is 0. The number of hydrogen-bond acceptors (Lipinski definition) is 1. The molecule has 0 N–H and O–H groups in total. The van der Waals surface area contributed by atoms with E-state index in [4.69, 9.17) is 4.98 Å². The Bertz CT molecular complexity index is 1260. The van der Waals surface area contributed by atoms with Crippen LogP contribution in [0.3, 0.4) is 0 Å². The number of nitrogens with zero attached hydrogens (tertiary/aromatic N) is 2. The van der Waals surface area contributed by atoms with E-state index in [0.29, 0.717) is 5.56 Å². The Morgan fingerprint density at radius 3 is 2.03 bits per heavy atom. The summed E-state index contributed by atoms with van der Waals surface area (Å²) in [6, 6.07) is 18.8. The Kier molecular flexibility index (Phi) is 7.31. The zero-order chi connectivity index (χ0) is 24.2. The van der Waals surface area contributed by atoms with Gasteiger partial charge >= 0.3 is 0 Å². The average Bonchev–Trinajstić information content (AvgIpc) is 3.19. The smallest absolute Gasteiger partial charge is 0.144 e. The first kappa shape index (κ1) is 23.9. The molecule has 4 rings (SSSR count). The minimum absolute atomic E-state index is 0.192. The molecule has 0 fully saturated rings. The lowest BCUT2D eigenvalue weighted by atomic mass is 9.97. The zero-order valence-electron chi connectivity index (χ0n) is 21.1. The summed E-state index contributed by atoms with van der Waals surface area (Å²) in [4.78, 5) is 4.78. The number of aryl methyl sites for hydroxylation is 5. The molecule has 0 aliphatic rings. The zero-order valence-corrected chi connectivity index (χ0v) is 21.1. The molecule has 176 valence electrons. The van der Waals surface area contributed by atoms with Gasteiger partial charge in [0.1, 0.15) is 11.6 Å². The lowest BCUT2D eigenvalue weighted by Gasteiger charge is -2.17. The number of unbranched alkanes of at least 4 members (excludes halogenated alkanes) is 3. The average molecular weight is 455 g/mol. The largest absolute Gasteiger partial charge is 0.299 e. The Labute approximate surface area is 203 Å². The van der Waals surface area contributed by atoms with Crippen LogP contribution >= 0.6 is 0 Å². The molecule has 1 heterocycles. The van der Waals surface area contributed by atoms with Crippen molar-refractivity contribution < 1.29 is 4.39 Å². The maximum atomic E-state index is 13.9. The molecule has 0 aliphatic carbocycles. The highest BCUT2D eigenvalue weighted by Gasteiger charge is 2.16. The minimum Gasteiger partial charge on any atom is -0.299 e. The normalized spacial score (nSPS) is 11.2. The van der Waals surface area contributed by atoms with Gasteiger partial charge in [0, 0.05) is 11.8 Å². The molecule has 34 heavy (non-hydrogen) atoms. The van der Waals surface area contributed by atoms with Crippen LogP contribution in [0.2, 0.25) is 0 Å². The van der Waals surface area contributed by atoms with Crippen LogP contribution in [0.4, 0.5) is 4.39 Å². The summed E-state index contributed by atoms with van der Waals surface area (Å²) in [5, 5.41) is 0. The lowest BCUT2D eigenvalue weighted by molar-refractivity contribution is 0.618. The third-order valence-corrected chi connectivity index (χ3v) is 6.58. The highest BCUT2D eigenvalue weighted by atomic mass is 19.1. The van der Waals surface area contributed by atoms with Gasteiger partial charge in [0.2, 0.25) is 0 Å². The number of aromatic nitrogens is 2. The molecule has 0 aliphatic heterocycles. The first-order valence-corrected chi connectivity index (χ1v) is 12.4. The van der Waals surface area contributed by atoms with Gasteiger partial charge in [-0.3, -0.25) is 4.57 Å². The summed E-state index contributed by atoms with van der Waals surface area (Å²) in [6.45, 7) is 10.4. The molecule has 0 unspecified atom stereocenters. The van der Waals surface area contributed by atoms with Crippen molar-refractivity contribution in [3.8, 4) is 28.2 Å². The van der Waals surface area contributed by atoms with Crippen molar-refractivity contribution in [3.63, 3.8) is 0 Å². The van der Waals surface area contributed by atoms with E-state index in [1.807, 2.05) is 19.1 Å². The van der Waals surface area contributed by atoms with E-state index in [1.54, 1.807) is 6.92 Å². The molecule has 0 atom stereocenters. The number of hydrogen-bond donors (Lipinski definition) is 0. The van der Waals surface area contributed by atoms with E-state index in [9.17, 15) is 4.39 Å². The minimum atomic E-state index is -0.192. The van der Waals surface area contributed by atoms with Crippen molar-refractivity contribution in [3.05, 3.63) is 94.6 Å². The standard InChI is InChI=1S/C31H35FN2/c1-6-7-8-9-10-25-11-13-26(14-12-25)28-18-22(3)30(23(4)19-28)34-20-24(5)33-31(34)27-15-16-29(32)21(2)17-27/h11-20H,6-10H2,1-5H3. The van der Waals surface area contributed by atoms with Crippen molar-refractivity contribution in [1.29, 1.82) is 0 Å². The molecule has 2 nitrogen and oxygen atoms in total. The molecule has 0 spiro atoms. The first-order valence-electron chi connectivity index (χ1n) is 12.4. The van der Waals surface area contributed by atoms with Gasteiger partial charge in [-0.15, -0.1) is 0 Å². The van der Waals surface area contributed by atoms with E-state index >= 15 is 0 Å².